The number of imide groups is 1. The predicted octanol–water partition coefficient (Wildman–Crippen LogP) is 5.80. The maximum absolute atomic E-state index is 15.7. The molecular weight excluding hydrogens is 748 g/mol. The first-order chi connectivity index (χ1) is 28.2. The molecule has 4 N–H and O–H groups in total. The minimum Gasteiger partial charge on any atom is -0.374 e. The number of halogens is 3. The summed E-state index contributed by atoms with van der Waals surface area (Å²) < 4.78 is 45.9. The Labute approximate surface area is 337 Å². The molecule has 0 radical (unpaired) electrons. The third-order valence-corrected chi connectivity index (χ3v) is 12.7. The molecule has 3 atom stereocenters. The highest BCUT2D eigenvalue weighted by Crippen LogP contribution is 2.32. The molecule has 4 saturated heterocycles. The summed E-state index contributed by atoms with van der Waals surface area (Å²) in [6.45, 7) is 3.86. The number of carbonyl (C=O) groups is 3. The first-order valence-corrected chi connectivity index (χ1v) is 21.1. The highest BCUT2D eigenvalue weighted by atomic mass is 19.1. The molecule has 4 aliphatic heterocycles. The van der Waals surface area contributed by atoms with Crippen LogP contribution in [0.5, 0.6) is 0 Å². The lowest BCUT2D eigenvalue weighted by molar-refractivity contribution is -0.133. The number of aromatic nitrogens is 2. The summed E-state index contributed by atoms with van der Waals surface area (Å²) in [6.07, 6.45) is 9.34. The Morgan fingerprint density at radius 2 is 1.57 bits per heavy atom. The molecule has 5 heterocycles. The maximum Gasteiger partial charge on any atom is 0.249 e. The summed E-state index contributed by atoms with van der Waals surface area (Å²) in [5, 5.41) is 12.0. The van der Waals surface area contributed by atoms with Gasteiger partial charge in [-0.15, -0.1) is 0 Å². The molecule has 310 valence electrons. The average Bonchev–Trinajstić information content (AvgIpc) is 3.24. The zero-order valence-corrected chi connectivity index (χ0v) is 32.9. The largest absolute Gasteiger partial charge is 0.374 e. The lowest BCUT2D eigenvalue weighted by Crippen LogP contribution is -2.55. The van der Waals surface area contributed by atoms with Crippen molar-refractivity contribution in [3.05, 3.63) is 60.3 Å². The number of alkyl halides is 1. The molecule has 1 aliphatic carbocycles. The van der Waals surface area contributed by atoms with Gasteiger partial charge in [0.05, 0.1) is 18.4 Å². The van der Waals surface area contributed by atoms with E-state index in [4.69, 9.17) is 0 Å². The molecule has 1 saturated carbocycles. The fraction of sp³-hybridized carbons (Fsp3) is 0.558. The number of hydrogen-bond acceptors (Lipinski definition) is 10. The van der Waals surface area contributed by atoms with Gasteiger partial charge < -0.3 is 25.8 Å². The zero-order valence-electron chi connectivity index (χ0n) is 32.9. The van der Waals surface area contributed by atoms with E-state index in [2.05, 4.69) is 47.1 Å². The zero-order chi connectivity index (χ0) is 40.2. The number of nitrogens with zero attached hydrogens (tertiary/aromatic N) is 5. The minimum atomic E-state index is -1.17. The number of amides is 3. The first kappa shape index (κ1) is 39.9. The number of anilines is 4. The number of piperidine rings is 4. The van der Waals surface area contributed by atoms with E-state index in [-0.39, 0.29) is 54.5 Å². The van der Waals surface area contributed by atoms with Crippen molar-refractivity contribution in [3.8, 4) is 11.3 Å². The molecule has 1 aromatic heterocycles. The molecule has 5 fully saturated rings. The summed E-state index contributed by atoms with van der Waals surface area (Å²) in [4.78, 5) is 52.0. The third-order valence-electron chi connectivity index (χ3n) is 12.7. The van der Waals surface area contributed by atoms with E-state index >= 15 is 8.78 Å². The van der Waals surface area contributed by atoms with Gasteiger partial charge >= 0.3 is 0 Å². The van der Waals surface area contributed by atoms with Crippen molar-refractivity contribution in [2.24, 2.45) is 5.92 Å². The molecule has 3 aromatic rings. The molecule has 0 spiro atoms. The highest BCUT2D eigenvalue weighted by Gasteiger charge is 2.38. The fourth-order valence-electron chi connectivity index (χ4n) is 9.43. The Kier molecular flexibility index (Phi) is 12.3. The third kappa shape index (κ3) is 9.35. The Morgan fingerprint density at radius 3 is 2.31 bits per heavy atom. The molecule has 58 heavy (non-hydrogen) atoms. The molecule has 12 nitrogen and oxygen atoms in total. The van der Waals surface area contributed by atoms with Crippen LogP contribution in [0.4, 0.5) is 36.2 Å². The van der Waals surface area contributed by atoms with Gasteiger partial charge in [-0.2, -0.15) is 0 Å². The molecular formula is C43H54F3N9O3. The van der Waals surface area contributed by atoms with Crippen molar-refractivity contribution in [1.29, 1.82) is 0 Å². The van der Waals surface area contributed by atoms with Crippen LogP contribution < -0.4 is 31.1 Å². The first-order valence-electron chi connectivity index (χ1n) is 21.1. The van der Waals surface area contributed by atoms with Crippen molar-refractivity contribution in [3.63, 3.8) is 0 Å². The van der Waals surface area contributed by atoms with E-state index in [1.807, 2.05) is 18.2 Å². The van der Waals surface area contributed by atoms with Crippen molar-refractivity contribution in [1.82, 2.24) is 25.5 Å². The second kappa shape index (κ2) is 17.9. The van der Waals surface area contributed by atoms with E-state index in [0.717, 1.165) is 62.9 Å². The van der Waals surface area contributed by atoms with Crippen molar-refractivity contribution < 1.29 is 27.6 Å². The molecule has 3 amide bonds. The Morgan fingerprint density at radius 1 is 0.793 bits per heavy atom. The van der Waals surface area contributed by atoms with Crippen molar-refractivity contribution in [2.75, 3.05) is 59.7 Å². The number of carbonyl (C=O) groups excluding carboxylic acids is 3. The van der Waals surface area contributed by atoms with Crippen LogP contribution in [0.2, 0.25) is 0 Å². The Hall–Kier alpha value is -4.92. The number of nitrogens with one attached hydrogen (secondary N) is 4. The monoisotopic (exact) mass is 801 g/mol. The van der Waals surface area contributed by atoms with Crippen LogP contribution in [0.25, 0.3) is 11.3 Å². The van der Waals surface area contributed by atoms with Crippen molar-refractivity contribution >= 4 is 40.7 Å². The van der Waals surface area contributed by atoms with Gasteiger partial charge in [0.2, 0.25) is 23.7 Å². The minimum absolute atomic E-state index is 0.0620. The number of likely N-dealkylation sites (tertiary alicyclic amines) is 1. The van der Waals surface area contributed by atoms with Crippen LogP contribution >= 0.6 is 0 Å². The SMILES string of the molecule is O=C1CCC(Nc2ccc(N3CCC(N4CCC(C(=O)NC5CCC(Nc6ncc(F)c(-c7cccc(N8CCCCC8)c7)n6)CC5)CC4)C(F)C3)c(F)c2)C(=O)N1. The quantitative estimate of drug-likeness (QED) is 0.187. The van der Waals surface area contributed by atoms with E-state index in [1.165, 1.54) is 18.7 Å². The molecule has 0 bridgehead atoms. The van der Waals surface area contributed by atoms with Gasteiger partial charge in [0, 0.05) is 67.0 Å². The number of rotatable bonds is 10. The van der Waals surface area contributed by atoms with Crippen LogP contribution in [0, 0.1) is 17.6 Å². The molecule has 15 heteroatoms. The predicted molar refractivity (Wildman–Crippen MR) is 217 cm³/mol. The normalized spacial score (nSPS) is 26.2. The molecule has 8 rings (SSSR count). The van der Waals surface area contributed by atoms with E-state index in [9.17, 15) is 18.8 Å². The van der Waals surface area contributed by atoms with Crippen molar-refractivity contribution in [2.45, 2.75) is 107 Å². The fourth-order valence-corrected chi connectivity index (χ4v) is 9.43. The Balaban J connectivity index is 0.763. The lowest BCUT2D eigenvalue weighted by Gasteiger charge is -2.44. The number of benzene rings is 2. The molecule has 2 aromatic carbocycles. The summed E-state index contributed by atoms with van der Waals surface area (Å²) in [5.74, 6) is -1.35. The van der Waals surface area contributed by atoms with Gasteiger partial charge in [0.25, 0.3) is 0 Å². The van der Waals surface area contributed by atoms with Crippen LogP contribution in [0.3, 0.4) is 0 Å². The van der Waals surface area contributed by atoms with Gasteiger partial charge in [0.15, 0.2) is 5.82 Å². The van der Waals surface area contributed by atoms with Gasteiger partial charge in [-0.25, -0.2) is 23.1 Å². The Bertz CT molecular complexity index is 1950. The van der Waals surface area contributed by atoms with Crippen LogP contribution in [-0.4, -0.2) is 102 Å². The summed E-state index contributed by atoms with van der Waals surface area (Å²) in [5.41, 5.74) is 2.85. The van der Waals surface area contributed by atoms with Crippen LogP contribution in [0.1, 0.15) is 77.0 Å². The molecule has 3 unspecified atom stereocenters. The van der Waals surface area contributed by atoms with Crippen LogP contribution in [0.15, 0.2) is 48.7 Å². The highest BCUT2D eigenvalue weighted by molar-refractivity contribution is 6.01. The second-order valence-electron chi connectivity index (χ2n) is 16.6. The van der Waals surface area contributed by atoms with Gasteiger partial charge in [-0.05, 0) is 114 Å². The van der Waals surface area contributed by atoms with E-state index in [0.29, 0.717) is 62.6 Å². The average molecular weight is 802 g/mol. The topological polar surface area (TPSA) is 135 Å². The van der Waals surface area contributed by atoms with Gasteiger partial charge in [-0.1, -0.05) is 12.1 Å². The maximum atomic E-state index is 15.7. The summed E-state index contributed by atoms with van der Waals surface area (Å²) in [7, 11) is 0. The smallest absolute Gasteiger partial charge is 0.249 e. The molecule has 5 aliphatic rings. The summed E-state index contributed by atoms with van der Waals surface area (Å²) >= 11 is 0. The van der Waals surface area contributed by atoms with E-state index in [1.54, 1.807) is 17.0 Å². The lowest BCUT2D eigenvalue weighted by atomic mass is 9.89. The van der Waals surface area contributed by atoms with Crippen LogP contribution in [-0.2, 0) is 14.4 Å². The van der Waals surface area contributed by atoms with E-state index < -0.39 is 29.8 Å². The van der Waals surface area contributed by atoms with Gasteiger partial charge in [0.1, 0.15) is 23.7 Å². The second-order valence-corrected chi connectivity index (χ2v) is 16.6. The standard InChI is InChI=1S/C43H54F3N9O3/c44-33-24-31(48-36-12-14-39(56)51-42(36)58)11-13-37(33)55-22-17-38(35(46)26-55)54-20-15-27(16-21-54)41(57)49-29-7-9-30(10-8-29)50-43-47-25-34(45)40(52-43)28-5-4-6-32(23-28)53-18-2-1-3-19-53/h4-6,11,13,23-25,27,29-30,35-36,38,48H,1-3,7-10,12,14-22,26H2,(H,49,57)(H,47,50,52)(H,51,56,58). The summed E-state index contributed by atoms with van der Waals surface area (Å²) in [6, 6.07) is 11.8. The number of hydrogen-bond donors (Lipinski definition) is 4. The van der Waals surface area contributed by atoms with Gasteiger partial charge in [-0.3, -0.25) is 24.6 Å².